The third kappa shape index (κ3) is 22.8. The van der Waals surface area contributed by atoms with Gasteiger partial charge in [-0.25, -0.2) is 49.8 Å². The molecule has 4 N–H and O–H groups in total. The number of hydrogen-bond acceptors (Lipinski definition) is 35. The zero-order valence-electron chi connectivity index (χ0n) is 74.9. The lowest BCUT2D eigenvalue weighted by Gasteiger charge is -2.29. The number of anilines is 4. The third-order valence-electron chi connectivity index (χ3n) is 22.5. The summed E-state index contributed by atoms with van der Waals surface area (Å²) in [4.78, 5) is 149. The molecule has 0 atom stereocenters. The molecule has 4 aliphatic rings. The van der Waals surface area contributed by atoms with Crippen LogP contribution in [0.5, 0.6) is 17.5 Å². The number of aromatic nitrogens is 16. The van der Waals surface area contributed by atoms with Crippen molar-refractivity contribution in [2.75, 3.05) is 179 Å². The predicted octanol–water partition coefficient (Wildman–Crippen LogP) is 11.5. The highest BCUT2D eigenvalue weighted by Gasteiger charge is 2.31. The fourth-order valence-electron chi connectivity index (χ4n) is 15.5. The van der Waals surface area contributed by atoms with Crippen LogP contribution in [0.1, 0.15) is 63.7 Å². The number of carbonyl (C=O) groups excluding carboxylic acids is 4. The van der Waals surface area contributed by atoms with Crippen molar-refractivity contribution in [3.05, 3.63) is 247 Å². The number of morpholine rings is 4. The van der Waals surface area contributed by atoms with Gasteiger partial charge in [0.05, 0.1) is 118 Å². The minimum atomic E-state index is -0.172. The Balaban J connectivity index is 0.000000126. The number of carbonyl (C=O) groups is 4. The first-order chi connectivity index (χ1) is 66.8. The molecule has 0 unspecified atom stereocenters. The summed E-state index contributed by atoms with van der Waals surface area (Å²) >= 11 is 5.76. The minimum absolute atomic E-state index is 0.0547. The highest BCUT2D eigenvalue weighted by molar-refractivity contribution is 7.18. The summed E-state index contributed by atoms with van der Waals surface area (Å²) in [6.45, 7) is 12.5. The molecule has 40 heteroatoms. The fourth-order valence-corrected chi connectivity index (χ4v) is 19.1. The number of aromatic amines is 1. The Labute approximate surface area is 797 Å². The van der Waals surface area contributed by atoms with Gasteiger partial charge in [-0.3, -0.25) is 48.9 Å². The van der Waals surface area contributed by atoms with Crippen LogP contribution in [0.2, 0.25) is 0 Å². The number of H-pyrrole nitrogens is 1. The maximum Gasteiger partial charge on any atom is 0.255 e. The number of pyridine rings is 8. The molecule has 20 rings (SSSR count). The van der Waals surface area contributed by atoms with Crippen LogP contribution in [0.4, 0.5) is 23.3 Å². The van der Waals surface area contributed by atoms with E-state index in [1.807, 2.05) is 132 Å². The van der Waals surface area contributed by atoms with Crippen LogP contribution in [0.15, 0.2) is 197 Å². The van der Waals surface area contributed by atoms with Gasteiger partial charge in [-0.2, -0.15) is 0 Å². The normalized spacial score (nSPS) is 13.8. The molecular weight excluding hydrogens is 1810 g/mol. The van der Waals surface area contributed by atoms with Crippen LogP contribution in [0.25, 0.3) is 86.9 Å². The predicted molar refractivity (Wildman–Crippen MR) is 523 cm³/mol. The molecule has 36 nitrogen and oxygen atoms in total. The molecule has 0 aliphatic carbocycles. The van der Waals surface area contributed by atoms with E-state index in [0.29, 0.717) is 237 Å². The van der Waals surface area contributed by atoms with Gasteiger partial charge in [-0.1, -0.05) is 30.3 Å². The standard InChI is InChI=1S/C25H26N6O3S.2C24H24N6O3S.C23H22N6O3S/c1-30(10-7-17-6-9-27-20(15-17)33-2)25(32)18-16-35-24-21(18)23(31-11-13-34-14-12-31)28-22(29-24)19-5-3-4-8-26-19;1-32-19-6-8-25-14-16(19)5-9-27-23(31)17-15-34-24-20(17)22(30-10-12-33-13-11-30)28-21(29-24)18-4-2-3-7-26-18;1-32-19-14-16(5-8-26-19)6-9-27-23(31)17-15-34-24-20(17)22(30-10-12-33-13-11-30)28-21(29-24)18-4-2-3-7-25-18;30-18-5-4-15(13-26-18)6-8-25-22(31)16-14-33-23-19(16)21(29-9-11-32-12-10-29)27-20(28-23)17-3-1-2-7-24-17/h3-6,8-9,15-16H,7,10-14H2,1-2H3;2-4,6-8,14-15H,5,9-13H2,1H3,(H,27,31);2-5,7-8,14-15H,6,9-13H2,1H3,(H,27,31);1-5,7,13-14H,6,8-12H2,(H,25,31)(H,26,30). The molecule has 20 heterocycles. The first-order valence-electron chi connectivity index (χ1n) is 44.2. The van der Waals surface area contributed by atoms with Gasteiger partial charge < -0.3 is 78.6 Å². The molecule has 4 fully saturated rings. The van der Waals surface area contributed by atoms with E-state index in [1.54, 1.807) is 88.1 Å². The van der Waals surface area contributed by atoms with Gasteiger partial charge in [0.1, 0.15) is 71.1 Å². The molecule has 696 valence electrons. The summed E-state index contributed by atoms with van der Waals surface area (Å²) in [5.41, 5.74) is 8.98. The largest absolute Gasteiger partial charge is 0.496 e. The third-order valence-corrected chi connectivity index (χ3v) is 26.0. The van der Waals surface area contributed by atoms with E-state index in [4.69, 9.17) is 73.0 Å². The van der Waals surface area contributed by atoms with Crippen LogP contribution in [-0.2, 0) is 44.6 Å². The van der Waals surface area contributed by atoms with Crippen molar-refractivity contribution >= 4 is 133 Å². The van der Waals surface area contributed by atoms with E-state index in [2.05, 4.69) is 75.4 Å². The number of rotatable bonds is 27. The number of nitrogens with zero attached hydrogens (tertiary/aromatic N) is 20. The average molecular weight is 1910 g/mol. The van der Waals surface area contributed by atoms with Gasteiger partial charge in [0.15, 0.2) is 23.3 Å². The molecule has 0 radical (unpaired) electrons. The summed E-state index contributed by atoms with van der Waals surface area (Å²) in [7, 11) is 6.63. The number of nitrogens with one attached hydrogen (secondary N) is 4. The van der Waals surface area contributed by atoms with E-state index < -0.39 is 0 Å². The van der Waals surface area contributed by atoms with Crippen LogP contribution in [0.3, 0.4) is 0 Å². The summed E-state index contributed by atoms with van der Waals surface area (Å²) in [5.74, 6) is 6.54. The Morgan fingerprint density at radius 2 is 0.757 bits per heavy atom. The molecule has 4 saturated heterocycles. The highest BCUT2D eigenvalue weighted by Crippen LogP contribution is 2.40. The summed E-state index contributed by atoms with van der Waals surface area (Å²) in [5, 5.41) is 19.6. The molecule has 4 aliphatic heterocycles. The molecule has 0 saturated carbocycles. The first kappa shape index (κ1) is 93.3. The molecular formula is C96H96N24O12S4. The van der Waals surface area contributed by atoms with E-state index >= 15 is 0 Å². The Bertz CT molecular complexity index is 6840. The molecule has 16 aromatic rings. The van der Waals surface area contributed by atoms with E-state index in [9.17, 15) is 24.0 Å². The SMILES string of the molecule is COc1cc(CCN(C)C(=O)c2csc3nc(-c4ccccn4)nc(N4CCOCC4)c23)ccn1.COc1cc(CCNC(=O)c2csc3nc(-c4ccccn4)nc(N4CCOCC4)c23)ccn1.COc1ccncc1CCNC(=O)c1csc2nc(-c3ccccn3)nc(N3CCOCC3)c12.O=C(NCCc1ccc(=O)[nH]c1)c1csc2nc(-c3ccccn3)nc(N3CCOCC3)c12. The number of amides is 4. The molecule has 4 amide bonds. The molecule has 0 aromatic carbocycles. The Hall–Kier alpha value is -14.5. The van der Waals surface area contributed by atoms with Gasteiger partial charge in [0, 0.05) is 187 Å². The molecule has 0 spiro atoms. The van der Waals surface area contributed by atoms with E-state index in [-0.39, 0.29) is 29.2 Å². The number of thiophene rings is 4. The van der Waals surface area contributed by atoms with Crippen molar-refractivity contribution in [2.45, 2.75) is 25.7 Å². The van der Waals surface area contributed by atoms with Crippen LogP contribution in [0, 0.1) is 0 Å². The second kappa shape index (κ2) is 45.5. The van der Waals surface area contributed by atoms with Crippen LogP contribution < -0.4 is 55.3 Å². The van der Waals surface area contributed by atoms with Crippen molar-refractivity contribution in [2.24, 2.45) is 0 Å². The number of ether oxygens (including phenoxy) is 7. The zero-order chi connectivity index (χ0) is 93.5. The van der Waals surface area contributed by atoms with Crippen molar-refractivity contribution in [3.8, 4) is 63.6 Å². The van der Waals surface area contributed by atoms with Crippen molar-refractivity contribution < 1.29 is 52.3 Å². The van der Waals surface area contributed by atoms with Gasteiger partial charge in [0.2, 0.25) is 17.3 Å². The number of fused-ring (bicyclic) bond motifs is 4. The minimum Gasteiger partial charge on any atom is -0.496 e. The van der Waals surface area contributed by atoms with Crippen molar-refractivity contribution in [1.29, 1.82) is 0 Å². The average Bonchev–Trinajstić information content (AvgIpc) is 1.62. The second-order valence-corrected chi connectivity index (χ2v) is 34.6. The number of methoxy groups -OCH3 is 3. The Morgan fingerprint density at radius 1 is 0.397 bits per heavy atom. The molecule has 136 heavy (non-hydrogen) atoms. The molecule has 0 bridgehead atoms. The monoisotopic (exact) mass is 1900 g/mol. The summed E-state index contributed by atoms with van der Waals surface area (Å²) in [6.07, 6.45) is 18.0. The Morgan fingerprint density at radius 3 is 1.11 bits per heavy atom. The quantitative estimate of drug-likeness (QED) is 0.0371. The van der Waals surface area contributed by atoms with E-state index in [1.165, 1.54) is 51.4 Å². The van der Waals surface area contributed by atoms with Crippen LogP contribution >= 0.6 is 45.3 Å². The second-order valence-electron chi connectivity index (χ2n) is 31.2. The summed E-state index contributed by atoms with van der Waals surface area (Å²) in [6, 6.07) is 35.3. The van der Waals surface area contributed by atoms with Crippen LogP contribution in [-0.4, -0.2) is 268 Å². The maximum atomic E-state index is 13.5. The van der Waals surface area contributed by atoms with Crippen molar-refractivity contribution in [1.82, 2.24) is 101 Å². The number of hydrogen-bond donors (Lipinski definition) is 4. The van der Waals surface area contributed by atoms with Gasteiger partial charge in [-0.05, 0) is 109 Å². The summed E-state index contributed by atoms with van der Waals surface area (Å²) < 4.78 is 37.9. The van der Waals surface area contributed by atoms with Crippen molar-refractivity contribution in [3.63, 3.8) is 0 Å². The zero-order valence-corrected chi connectivity index (χ0v) is 78.2. The fraction of sp³-hybridized carbons (Fsp3) is 0.292. The lowest BCUT2D eigenvalue weighted by atomic mass is 10.1. The Kier molecular flexibility index (Phi) is 31.2. The van der Waals surface area contributed by atoms with E-state index in [0.717, 1.165) is 92.1 Å². The van der Waals surface area contributed by atoms with Gasteiger partial charge in [0.25, 0.3) is 23.6 Å². The van der Waals surface area contributed by atoms with Gasteiger partial charge in [-0.15, -0.1) is 45.3 Å². The topological polar surface area (TPSA) is 411 Å². The first-order valence-corrected chi connectivity index (χ1v) is 47.7. The number of likely N-dealkylation sites (N-methyl/N-ethyl adjacent to an activating group) is 1. The molecule has 16 aromatic heterocycles. The lowest BCUT2D eigenvalue weighted by Crippen LogP contribution is -2.37. The smallest absolute Gasteiger partial charge is 0.255 e. The lowest BCUT2D eigenvalue weighted by molar-refractivity contribution is 0.0797. The highest BCUT2D eigenvalue weighted by atomic mass is 32.1. The van der Waals surface area contributed by atoms with Gasteiger partial charge >= 0.3 is 0 Å². The maximum absolute atomic E-state index is 13.5.